The van der Waals surface area contributed by atoms with Gasteiger partial charge in [-0.2, -0.15) is 0 Å². The zero-order valence-corrected chi connectivity index (χ0v) is 17.5. The monoisotopic (exact) mass is 414 g/mol. The van der Waals surface area contributed by atoms with Gasteiger partial charge in [-0.25, -0.2) is 0 Å². The average molecular weight is 414 g/mol. The lowest BCUT2D eigenvalue weighted by Gasteiger charge is -2.14. The molecule has 2 aromatic carbocycles. The normalized spacial score (nSPS) is 11.2. The van der Waals surface area contributed by atoms with Crippen LogP contribution in [0.4, 0.5) is 5.69 Å². The minimum Gasteiger partial charge on any atom is -0.497 e. The van der Waals surface area contributed by atoms with Crippen LogP contribution in [0.15, 0.2) is 42.5 Å². The number of hydrogen-bond donors (Lipinski definition) is 2. The van der Waals surface area contributed by atoms with E-state index in [-0.39, 0.29) is 12.1 Å². The first-order valence-electron chi connectivity index (χ1n) is 9.46. The molecular weight excluding hydrogens is 388 g/mol. The summed E-state index contributed by atoms with van der Waals surface area (Å²) >= 11 is 0. The number of aryl methyl sites for hydroxylation is 1. The fraction of sp³-hybridized carbons (Fsp3) is 0.318. The SMILES string of the molecule is CCc1ccc(NC(=O)[C@H](C)OC(=O)CNC(=O)c2cc(OC)cc(OC)c2)cc1. The van der Waals surface area contributed by atoms with Gasteiger partial charge in [0, 0.05) is 17.3 Å². The van der Waals surface area contributed by atoms with E-state index < -0.39 is 23.9 Å². The second-order valence-corrected chi connectivity index (χ2v) is 6.46. The van der Waals surface area contributed by atoms with Crippen LogP contribution in [0.3, 0.4) is 0 Å². The fourth-order valence-corrected chi connectivity index (χ4v) is 2.55. The number of methoxy groups -OCH3 is 2. The van der Waals surface area contributed by atoms with Gasteiger partial charge < -0.3 is 24.8 Å². The first kappa shape index (κ1) is 22.7. The molecule has 1 atom stereocenters. The number of carbonyl (C=O) groups excluding carboxylic acids is 3. The van der Waals surface area contributed by atoms with Gasteiger partial charge in [0.2, 0.25) is 0 Å². The van der Waals surface area contributed by atoms with E-state index >= 15 is 0 Å². The summed E-state index contributed by atoms with van der Waals surface area (Å²) in [7, 11) is 2.94. The quantitative estimate of drug-likeness (QED) is 0.612. The van der Waals surface area contributed by atoms with Gasteiger partial charge in [0.15, 0.2) is 6.10 Å². The first-order valence-corrected chi connectivity index (χ1v) is 9.46. The highest BCUT2D eigenvalue weighted by Gasteiger charge is 2.19. The summed E-state index contributed by atoms with van der Waals surface area (Å²) in [5.41, 5.74) is 2.03. The lowest BCUT2D eigenvalue weighted by Crippen LogP contribution is -2.35. The Kier molecular flexibility index (Phi) is 8.22. The third-order valence-electron chi connectivity index (χ3n) is 4.31. The minimum atomic E-state index is -1.02. The van der Waals surface area contributed by atoms with E-state index in [0.717, 1.165) is 12.0 Å². The molecule has 0 bridgehead atoms. The smallest absolute Gasteiger partial charge is 0.326 e. The van der Waals surface area contributed by atoms with Gasteiger partial charge in [-0.05, 0) is 43.2 Å². The number of esters is 1. The maximum atomic E-state index is 12.3. The second-order valence-electron chi connectivity index (χ2n) is 6.46. The highest BCUT2D eigenvalue weighted by Crippen LogP contribution is 2.22. The predicted molar refractivity (Wildman–Crippen MR) is 112 cm³/mol. The molecule has 0 fully saturated rings. The topological polar surface area (TPSA) is 103 Å². The summed E-state index contributed by atoms with van der Waals surface area (Å²) in [5.74, 6) is -0.811. The maximum Gasteiger partial charge on any atom is 0.326 e. The van der Waals surface area contributed by atoms with Crippen molar-refractivity contribution in [3.63, 3.8) is 0 Å². The van der Waals surface area contributed by atoms with Crippen LogP contribution in [0.2, 0.25) is 0 Å². The Morgan fingerprint density at radius 3 is 2.10 bits per heavy atom. The van der Waals surface area contributed by atoms with Crippen molar-refractivity contribution in [1.29, 1.82) is 0 Å². The summed E-state index contributed by atoms with van der Waals surface area (Å²) in [4.78, 5) is 36.5. The third kappa shape index (κ3) is 6.51. The Labute approximate surface area is 175 Å². The van der Waals surface area contributed by atoms with Crippen LogP contribution in [-0.2, 0) is 20.7 Å². The van der Waals surface area contributed by atoms with Crippen LogP contribution in [-0.4, -0.2) is 44.7 Å². The van der Waals surface area contributed by atoms with Gasteiger partial charge in [0.1, 0.15) is 18.0 Å². The minimum absolute atomic E-state index is 0.264. The zero-order valence-electron chi connectivity index (χ0n) is 17.5. The molecule has 0 radical (unpaired) electrons. The molecule has 8 nitrogen and oxygen atoms in total. The Bertz CT molecular complexity index is 873. The molecule has 0 saturated carbocycles. The van der Waals surface area contributed by atoms with Gasteiger partial charge in [0.25, 0.3) is 11.8 Å². The van der Waals surface area contributed by atoms with E-state index in [1.807, 2.05) is 19.1 Å². The molecule has 30 heavy (non-hydrogen) atoms. The number of ether oxygens (including phenoxy) is 3. The molecular formula is C22H26N2O6. The maximum absolute atomic E-state index is 12.3. The fourth-order valence-electron chi connectivity index (χ4n) is 2.55. The molecule has 8 heteroatoms. The predicted octanol–water partition coefficient (Wildman–Crippen LogP) is 2.57. The summed E-state index contributed by atoms with van der Waals surface area (Å²) in [6.07, 6.45) is -0.117. The molecule has 0 saturated heterocycles. The molecule has 2 N–H and O–H groups in total. The molecule has 0 aliphatic heterocycles. The van der Waals surface area contributed by atoms with Crippen LogP contribution in [0.1, 0.15) is 29.8 Å². The largest absolute Gasteiger partial charge is 0.497 e. The van der Waals surface area contributed by atoms with Gasteiger partial charge in [0.05, 0.1) is 14.2 Å². The van der Waals surface area contributed by atoms with Crippen LogP contribution in [0, 0.1) is 0 Å². The van der Waals surface area contributed by atoms with Crippen molar-refractivity contribution in [3.8, 4) is 11.5 Å². The number of hydrogen-bond acceptors (Lipinski definition) is 6. The standard InChI is InChI=1S/C22H26N2O6/c1-5-15-6-8-17(9-7-15)24-21(26)14(2)30-20(25)13-23-22(27)16-10-18(28-3)12-19(11-16)29-4/h6-12,14H,5,13H2,1-4H3,(H,23,27)(H,24,26)/t14-/m0/s1. The lowest BCUT2D eigenvalue weighted by atomic mass is 10.1. The number of benzene rings is 2. The number of nitrogens with one attached hydrogen (secondary N) is 2. The van der Waals surface area contributed by atoms with Crippen molar-refractivity contribution in [2.45, 2.75) is 26.4 Å². The molecule has 2 amide bonds. The Morgan fingerprint density at radius 2 is 1.57 bits per heavy atom. The zero-order chi connectivity index (χ0) is 22.1. The Balaban J connectivity index is 1.85. The van der Waals surface area contributed by atoms with Gasteiger partial charge in [-0.3, -0.25) is 14.4 Å². The summed E-state index contributed by atoms with van der Waals surface area (Å²) in [6.45, 7) is 3.11. The average Bonchev–Trinajstić information content (AvgIpc) is 2.77. The molecule has 0 heterocycles. The summed E-state index contributed by atoms with van der Waals surface area (Å²) < 4.78 is 15.3. The third-order valence-corrected chi connectivity index (χ3v) is 4.31. The van der Waals surface area contributed by atoms with Crippen LogP contribution < -0.4 is 20.1 Å². The molecule has 2 rings (SSSR count). The number of amides is 2. The second kappa shape index (κ2) is 10.8. The first-order chi connectivity index (χ1) is 14.4. The van der Waals surface area contributed by atoms with E-state index in [1.165, 1.54) is 33.3 Å². The van der Waals surface area contributed by atoms with Crippen molar-refractivity contribution in [1.82, 2.24) is 5.32 Å². The van der Waals surface area contributed by atoms with Crippen LogP contribution >= 0.6 is 0 Å². The molecule has 0 spiro atoms. The molecule has 0 aliphatic carbocycles. The number of rotatable bonds is 9. The van der Waals surface area contributed by atoms with E-state index in [9.17, 15) is 14.4 Å². The molecule has 0 unspecified atom stereocenters. The van der Waals surface area contributed by atoms with Gasteiger partial charge >= 0.3 is 5.97 Å². The van der Waals surface area contributed by atoms with Crippen LogP contribution in [0.25, 0.3) is 0 Å². The highest BCUT2D eigenvalue weighted by atomic mass is 16.5. The molecule has 2 aromatic rings. The van der Waals surface area contributed by atoms with E-state index in [2.05, 4.69) is 10.6 Å². The Hall–Kier alpha value is -3.55. The van der Waals surface area contributed by atoms with E-state index in [4.69, 9.17) is 14.2 Å². The van der Waals surface area contributed by atoms with Gasteiger partial charge in [-0.15, -0.1) is 0 Å². The van der Waals surface area contributed by atoms with Gasteiger partial charge in [-0.1, -0.05) is 19.1 Å². The summed E-state index contributed by atoms with van der Waals surface area (Å²) in [6, 6.07) is 12.1. The van der Waals surface area contributed by atoms with E-state index in [1.54, 1.807) is 18.2 Å². The summed E-state index contributed by atoms with van der Waals surface area (Å²) in [5, 5.41) is 5.13. The lowest BCUT2D eigenvalue weighted by molar-refractivity contribution is -0.152. The van der Waals surface area contributed by atoms with Crippen molar-refractivity contribution in [2.75, 3.05) is 26.1 Å². The molecule has 160 valence electrons. The molecule has 0 aromatic heterocycles. The van der Waals surface area contributed by atoms with Crippen molar-refractivity contribution in [2.24, 2.45) is 0 Å². The number of carbonyl (C=O) groups is 3. The van der Waals surface area contributed by atoms with E-state index in [0.29, 0.717) is 17.2 Å². The number of anilines is 1. The van der Waals surface area contributed by atoms with Crippen molar-refractivity contribution >= 4 is 23.5 Å². The van der Waals surface area contributed by atoms with Crippen molar-refractivity contribution < 1.29 is 28.6 Å². The highest BCUT2D eigenvalue weighted by molar-refractivity contribution is 5.97. The molecule has 0 aliphatic rings. The Morgan fingerprint density at radius 1 is 0.967 bits per heavy atom. The van der Waals surface area contributed by atoms with Crippen molar-refractivity contribution in [3.05, 3.63) is 53.6 Å². The van der Waals surface area contributed by atoms with Crippen LogP contribution in [0.5, 0.6) is 11.5 Å².